The van der Waals surface area contributed by atoms with E-state index in [2.05, 4.69) is 33.2 Å². The first-order chi connectivity index (χ1) is 17.1. The molecule has 0 aliphatic heterocycles. The van der Waals surface area contributed by atoms with Crippen LogP contribution in [-0.2, 0) is 17.7 Å². The third kappa shape index (κ3) is 5.81. The number of aryl methyl sites for hydroxylation is 1. The topological polar surface area (TPSA) is 116 Å². The van der Waals surface area contributed by atoms with Crippen molar-refractivity contribution in [3.63, 3.8) is 0 Å². The SMILES string of the molecule is CCCCc1nc2c(N)nc3ccccc3c2n1CCOCCNC(=O)Nc1cccc(OC)c1. The number of unbranched alkanes of at least 4 members (excludes halogenated alkanes) is 1. The average molecular weight is 477 g/mol. The first-order valence-electron chi connectivity index (χ1n) is 11.9. The molecule has 0 atom stereocenters. The first-order valence-corrected chi connectivity index (χ1v) is 11.9. The summed E-state index contributed by atoms with van der Waals surface area (Å²) in [5, 5.41) is 6.62. The number of ether oxygens (including phenoxy) is 2. The number of hydrogen-bond acceptors (Lipinski definition) is 6. The molecule has 0 spiro atoms. The Kier molecular flexibility index (Phi) is 7.99. The summed E-state index contributed by atoms with van der Waals surface area (Å²) in [6.07, 6.45) is 2.99. The van der Waals surface area contributed by atoms with Gasteiger partial charge in [0.25, 0.3) is 0 Å². The molecule has 35 heavy (non-hydrogen) atoms. The lowest BCUT2D eigenvalue weighted by Crippen LogP contribution is -2.31. The van der Waals surface area contributed by atoms with E-state index in [1.54, 1.807) is 19.2 Å². The smallest absolute Gasteiger partial charge is 0.319 e. The lowest BCUT2D eigenvalue weighted by atomic mass is 10.2. The third-order valence-electron chi connectivity index (χ3n) is 5.76. The second-order valence-electron chi connectivity index (χ2n) is 8.22. The van der Waals surface area contributed by atoms with Crippen molar-refractivity contribution >= 4 is 39.5 Å². The van der Waals surface area contributed by atoms with E-state index in [4.69, 9.17) is 20.2 Å². The molecule has 2 aromatic carbocycles. The fourth-order valence-electron chi connectivity index (χ4n) is 4.04. The van der Waals surface area contributed by atoms with Crippen LogP contribution in [0.2, 0.25) is 0 Å². The highest BCUT2D eigenvalue weighted by Gasteiger charge is 2.17. The Bertz CT molecular complexity index is 1300. The zero-order valence-electron chi connectivity index (χ0n) is 20.2. The van der Waals surface area contributed by atoms with Crippen LogP contribution in [0.25, 0.3) is 21.9 Å². The number of carbonyl (C=O) groups is 1. The molecule has 184 valence electrons. The molecule has 0 aliphatic carbocycles. The van der Waals surface area contributed by atoms with Gasteiger partial charge < -0.3 is 30.4 Å². The molecule has 0 radical (unpaired) electrons. The largest absolute Gasteiger partial charge is 0.497 e. The Morgan fingerprint density at radius 1 is 1.11 bits per heavy atom. The van der Waals surface area contributed by atoms with Gasteiger partial charge in [-0.3, -0.25) is 0 Å². The molecular weight excluding hydrogens is 444 g/mol. The number of fused-ring (bicyclic) bond motifs is 3. The Labute approximate surface area is 204 Å². The van der Waals surface area contributed by atoms with E-state index >= 15 is 0 Å². The standard InChI is InChI=1S/C26H32N6O3/c1-3-4-12-22-31-23-24(20-10-5-6-11-21(20)30-25(23)27)32(22)14-16-35-15-13-28-26(33)29-18-8-7-9-19(17-18)34-2/h5-11,17H,3-4,12-16H2,1-2H3,(H2,27,30)(H2,28,29,33). The molecule has 2 heterocycles. The number of imidazole rings is 1. The van der Waals surface area contributed by atoms with Crippen molar-refractivity contribution in [1.82, 2.24) is 19.9 Å². The maximum atomic E-state index is 12.1. The zero-order valence-corrected chi connectivity index (χ0v) is 20.2. The molecule has 9 nitrogen and oxygen atoms in total. The van der Waals surface area contributed by atoms with Crippen molar-refractivity contribution in [1.29, 1.82) is 0 Å². The van der Waals surface area contributed by atoms with Gasteiger partial charge in [0.05, 0.1) is 31.4 Å². The lowest BCUT2D eigenvalue weighted by molar-refractivity contribution is 0.129. The molecule has 4 rings (SSSR count). The predicted molar refractivity (Wildman–Crippen MR) is 139 cm³/mol. The molecule has 0 fully saturated rings. The number of urea groups is 1. The van der Waals surface area contributed by atoms with Crippen LogP contribution in [0.5, 0.6) is 5.75 Å². The first kappa shape index (κ1) is 24.3. The molecule has 0 saturated carbocycles. The number of carbonyl (C=O) groups excluding carboxylic acids is 1. The van der Waals surface area contributed by atoms with Gasteiger partial charge in [-0.25, -0.2) is 14.8 Å². The highest BCUT2D eigenvalue weighted by Crippen LogP contribution is 2.29. The molecule has 0 saturated heterocycles. The van der Waals surface area contributed by atoms with E-state index in [0.29, 0.717) is 43.6 Å². The van der Waals surface area contributed by atoms with Gasteiger partial charge in [-0.15, -0.1) is 0 Å². The highest BCUT2D eigenvalue weighted by molar-refractivity contribution is 6.06. The monoisotopic (exact) mass is 476 g/mol. The van der Waals surface area contributed by atoms with Crippen LogP contribution in [0, 0.1) is 0 Å². The Balaban J connectivity index is 1.36. The van der Waals surface area contributed by atoms with Crippen LogP contribution >= 0.6 is 0 Å². The zero-order chi connectivity index (χ0) is 24.6. The number of rotatable bonds is 11. The summed E-state index contributed by atoms with van der Waals surface area (Å²) in [5.41, 5.74) is 9.51. The number of nitrogens with two attached hydrogens (primary N) is 1. The lowest BCUT2D eigenvalue weighted by Gasteiger charge is -2.12. The second kappa shape index (κ2) is 11.5. The number of para-hydroxylation sites is 1. The van der Waals surface area contributed by atoms with Crippen LogP contribution in [0.4, 0.5) is 16.3 Å². The van der Waals surface area contributed by atoms with Crippen LogP contribution in [0.3, 0.4) is 0 Å². The van der Waals surface area contributed by atoms with Gasteiger partial charge in [0.2, 0.25) is 0 Å². The molecule has 2 amide bonds. The average Bonchev–Trinajstić information content (AvgIpc) is 3.24. The summed E-state index contributed by atoms with van der Waals surface area (Å²) in [7, 11) is 1.59. The number of nitrogen functional groups attached to an aromatic ring is 1. The van der Waals surface area contributed by atoms with Gasteiger partial charge in [0.1, 0.15) is 17.1 Å². The van der Waals surface area contributed by atoms with Crippen molar-refractivity contribution in [2.75, 3.05) is 37.9 Å². The van der Waals surface area contributed by atoms with E-state index in [9.17, 15) is 4.79 Å². The van der Waals surface area contributed by atoms with Gasteiger partial charge in [-0.05, 0) is 24.6 Å². The number of pyridine rings is 1. The quantitative estimate of drug-likeness (QED) is 0.277. The predicted octanol–water partition coefficient (Wildman–Crippen LogP) is 4.36. The van der Waals surface area contributed by atoms with E-state index < -0.39 is 0 Å². The molecule has 0 aliphatic rings. The van der Waals surface area contributed by atoms with Crippen LogP contribution in [0.1, 0.15) is 25.6 Å². The molecule has 2 aromatic heterocycles. The Morgan fingerprint density at radius 2 is 1.97 bits per heavy atom. The summed E-state index contributed by atoms with van der Waals surface area (Å²) < 4.78 is 13.2. The third-order valence-corrected chi connectivity index (χ3v) is 5.76. The minimum atomic E-state index is -0.293. The van der Waals surface area contributed by atoms with Gasteiger partial charge in [-0.2, -0.15) is 0 Å². The maximum Gasteiger partial charge on any atom is 0.319 e. The fourth-order valence-corrected chi connectivity index (χ4v) is 4.04. The number of nitrogens with zero attached hydrogens (tertiary/aromatic N) is 3. The molecule has 0 unspecified atom stereocenters. The van der Waals surface area contributed by atoms with Crippen molar-refractivity contribution in [3.05, 3.63) is 54.4 Å². The number of amides is 2. The summed E-state index contributed by atoms with van der Waals surface area (Å²) in [6.45, 7) is 4.08. The number of methoxy groups -OCH3 is 1. The summed E-state index contributed by atoms with van der Waals surface area (Å²) >= 11 is 0. The van der Waals surface area contributed by atoms with Gasteiger partial charge in [0.15, 0.2) is 5.82 Å². The number of benzene rings is 2. The van der Waals surface area contributed by atoms with Gasteiger partial charge >= 0.3 is 6.03 Å². The van der Waals surface area contributed by atoms with Gasteiger partial charge in [-0.1, -0.05) is 37.6 Å². The van der Waals surface area contributed by atoms with Crippen molar-refractivity contribution in [2.24, 2.45) is 0 Å². The number of aromatic nitrogens is 3. The summed E-state index contributed by atoms with van der Waals surface area (Å²) in [4.78, 5) is 21.5. The van der Waals surface area contributed by atoms with Crippen molar-refractivity contribution in [3.8, 4) is 5.75 Å². The molecule has 9 heteroatoms. The Morgan fingerprint density at radius 3 is 2.80 bits per heavy atom. The summed E-state index contributed by atoms with van der Waals surface area (Å²) in [5.74, 6) is 2.12. The molecule has 0 bridgehead atoms. The molecule has 4 aromatic rings. The molecule has 4 N–H and O–H groups in total. The minimum absolute atomic E-state index is 0.293. The minimum Gasteiger partial charge on any atom is -0.497 e. The van der Waals surface area contributed by atoms with Gasteiger partial charge in [0, 0.05) is 36.7 Å². The number of anilines is 2. The van der Waals surface area contributed by atoms with E-state index in [-0.39, 0.29) is 6.03 Å². The van der Waals surface area contributed by atoms with Crippen LogP contribution in [0.15, 0.2) is 48.5 Å². The maximum absolute atomic E-state index is 12.1. The van der Waals surface area contributed by atoms with Crippen LogP contribution < -0.4 is 21.1 Å². The van der Waals surface area contributed by atoms with Crippen molar-refractivity contribution < 1.29 is 14.3 Å². The fraction of sp³-hybridized carbons (Fsp3) is 0.346. The van der Waals surface area contributed by atoms with E-state index in [0.717, 1.165) is 47.0 Å². The highest BCUT2D eigenvalue weighted by atomic mass is 16.5. The Hall–Kier alpha value is -3.85. The number of nitrogens with one attached hydrogen (secondary N) is 2. The summed E-state index contributed by atoms with van der Waals surface area (Å²) in [6, 6.07) is 14.9. The van der Waals surface area contributed by atoms with E-state index in [1.165, 1.54) is 0 Å². The van der Waals surface area contributed by atoms with Crippen molar-refractivity contribution in [2.45, 2.75) is 32.7 Å². The number of hydrogen-bond donors (Lipinski definition) is 3. The van der Waals surface area contributed by atoms with Crippen LogP contribution in [-0.4, -0.2) is 47.4 Å². The molecular formula is C26H32N6O3. The van der Waals surface area contributed by atoms with E-state index in [1.807, 2.05) is 30.3 Å². The normalized spacial score (nSPS) is 11.1. The second-order valence-corrected chi connectivity index (χ2v) is 8.22.